The second kappa shape index (κ2) is 7.00. The molecule has 19 heavy (non-hydrogen) atoms. The van der Waals surface area contributed by atoms with Gasteiger partial charge >= 0.3 is 0 Å². The first kappa shape index (κ1) is 13.7. The zero-order chi connectivity index (χ0) is 13.5. The van der Waals surface area contributed by atoms with Gasteiger partial charge in [-0.3, -0.25) is 0 Å². The number of hydrogen-bond acceptors (Lipinski definition) is 3. The summed E-state index contributed by atoms with van der Waals surface area (Å²) in [6, 6.07) is 11.9. The van der Waals surface area contributed by atoms with Crippen LogP contribution in [0.25, 0.3) is 0 Å². The average Bonchev–Trinajstić information content (AvgIpc) is 2.96. The largest absolute Gasteiger partial charge is 0.493 e. The molecule has 3 nitrogen and oxygen atoms in total. The predicted octanol–water partition coefficient (Wildman–Crippen LogP) is 3.70. The molecular weight excluding hydrogens is 238 g/mol. The van der Waals surface area contributed by atoms with E-state index >= 15 is 0 Å². The molecule has 2 rings (SSSR count). The van der Waals surface area contributed by atoms with Gasteiger partial charge in [0.2, 0.25) is 0 Å². The highest BCUT2D eigenvalue weighted by atomic mass is 16.5. The second-order valence-electron chi connectivity index (χ2n) is 4.61. The summed E-state index contributed by atoms with van der Waals surface area (Å²) in [5, 5.41) is 0. The minimum atomic E-state index is -0.0295. The van der Waals surface area contributed by atoms with Gasteiger partial charge in [0.25, 0.3) is 0 Å². The van der Waals surface area contributed by atoms with E-state index in [1.165, 1.54) is 0 Å². The first-order valence-electron chi connectivity index (χ1n) is 6.81. The minimum Gasteiger partial charge on any atom is -0.493 e. The molecule has 2 aromatic rings. The maximum Gasteiger partial charge on any atom is 0.124 e. The molecule has 0 aliphatic heterocycles. The van der Waals surface area contributed by atoms with Crippen LogP contribution in [0.3, 0.4) is 0 Å². The number of ether oxygens (including phenoxy) is 1. The van der Waals surface area contributed by atoms with Crippen molar-refractivity contribution in [3.8, 4) is 5.75 Å². The summed E-state index contributed by atoms with van der Waals surface area (Å²) in [4.78, 5) is 0. The number of nitrogens with two attached hydrogens (primary N) is 1. The molecule has 1 aromatic heterocycles. The topological polar surface area (TPSA) is 48.4 Å². The highest BCUT2D eigenvalue weighted by Crippen LogP contribution is 2.26. The molecule has 0 spiro atoms. The zero-order valence-electron chi connectivity index (χ0n) is 11.3. The van der Waals surface area contributed by atoms with Crippen LogP contribution >= 0.6 is 0 Å². The molecule has 0 bridgehead atoms. The highest BCUT2D eigenvalue weighted by molar-refractivity contribution is 5.35. The molecule has 0 amide bonds. The van der Waals surface area contributed by atoms with Crippen molar-refractivity contribution in [2.24, 2.45) is 5.73 Å². The van der Waals surface area contributed by atoms with Crippen LogP contribution in [0, 0.1) is 0 Å². The monoisotopic (exact) mass is 259 g/mol. The van der Waals surface area contributed by atoms with Gasteiger partial charge in [-0.2, -0.15) is 0 Å². The van der Waals surface area contributed by atoms with Crippen molar-refractivity contribution in [1.29, 1.82) is 0 Å². The third kappa shape index (κ3) is 3.86. The van der Waals surface area contributed by atoms with Gasteiger partial charge in [-0.15, -0.1) is 0 Å². The maximum atomic E-state index is 6.26. The van der Waals surface area contributed by atoms with Crippen LogP contribution in [0.2, 0.25) is 0 Å². The second-order valence-corrected chi connectivity index (χ2v) is 4.61. The van der Waals surface area contributed by atoms with E-state index in [0.717, 1.165) is 42.9 Å². The lowest BCUT2D eigenvalue weighted by atomic mass is 10.0. The minimum absolute atomic E-state index is 0.0295. The van der Waals surface area contributed by atoms with E-state index in [1.807, 2.05) is 36.4 Å². The van der Waals surface area contributed by atoms with Gasteiger partial charge < -0.3 is 14.9 Å². The molecular formula is C16H21NO2. The Morgan fingerprint density at radius 2 is 2.05 bits per heavy atom. The quantitative estimate of drug-likeness (QED) is 0.824. The van der Waals surface area contributed by atoms with Crippen LogP contribution < -0.4 is 10.5 Å². The van der Waals surface area contributed by atoms with Crippen molar-refractivity contribution in [3.63, 3.8) is 0 Å². The number of aryl methyl sites for hydroxylation is 1. The number of para-hydroxylation sites is 1. The van der Waals surface area contributed by atoms with Crippen molar-refractivity contribution in [1.82, 2.24) is 0 Å². The molecule has 2 N–H and O–H groups in total. The summed E-state index contributed by atoms with van der Waals surface area (Å²) < 4.78 is 11.1. The van der Waals surface area contributed by atoms with E-state index in [0.29, 0.717) is 0 Å². The van der Waals surface area contributed by atoms with Crippen molar-refractivity contribution in [2.45, 2.75) is 32.2 Å². The Morgan fingerprint density at radius 1 is 1.21 bits per heavy atom. The summed E-state index contributed by atoms with van der Waals surface area (Å²) in [6.07, 6.45) is 4.38. The number of benzene rings is 1. The van der Waals surface area contributed by atoms with E-state index < -0.39 is 0 Å². The molecule has 1 unspecified atom stereocenters. The van der Waals surface area contributed by atoms with E-state index in [9.17, 15) is 0 Å². The summed E-state index contributed by atoms with van der Waals surface area (Å²) in [6.45, 7) is 2.82. The van der Waals surface area contributed by atoms with Crippen molar-refractivity contribution >= 4 is 0 Å². The Bertz CT molecular complexity index is 479. The first-order valence-corrected chi connectivity index (χ1v) is 6.81. The summed E-state index contributed by atoms with van der Waals surface area (Å²) in [7, 11) is 0. The fourth-order valence-electron chi connectivity index (χ4n) is 2.04. The standard InChI is InChI=1S/C16H21NO2/c1-2-11-19-16-8-4-3-7-14(16)15(17)10-9-13-6-5-12-18-13/h3-8,12,15H,2,9-11,17H2,1H3. The Hall–Kier alpha value is -1.74. The Labute approximate surface area is 114 Å². The number of rotatable bonds is 7. The number of furan rings is 1. The van der Waals surface area contributed by atoms with Crippen LogP contribution in [0.1, 0.15) is 37.1 Å². The highest BCUT2D eigenvalue weighted by Gasteiger charge is 2.12. The molecule has 0 aliphatic rings. The summed E-state index contributed by atoms with van der Waals surface area (Å²) in [5.74, 6) is 1.87. The van der Waals surface area contributed by atoms with Gasteiger partial charge in [-0.25, -0.2) is 0 Å². The summed E-state index contributed by atoms with van der Waals surface area (Å²) in [5.41, 5.74) is 7.33. The van der Waals surface area contributed by atoms with Crippen LogP contribution in [-0.4, -0.2) is 6.61 Å². The van der Waals surface area contributed by atoms with E-state index in [-0.39, 0.29) is 6.04 Å². The van der Waals surface area contributed by atoms with Crippen molar-refractivity contribution in [3.05, 3.63) is 54.0 Å². The molecule has 0 radical (unpaired) electrons. The molecule has 0 saturated heterocycles. The van der Waals surface area contributed by atoms with Crippen LogP contribution in [0.15, 0.2) is 47.1 Å². The van der Waals surface area contributed by atoms with Crippen LogP contribution in [-0.2, 0) is 6.42 Å². The first-order chi connectivity index (χ1) is 9.31. The fraction of sp³-hybridized carbons (Fsp3) is 0.375. The van der Waals surface area contributed by atoms with E-state index in [2.05, 4.69) is 6.92 Å². The van der Waals surface area contributed by atoms with Crippen LogP contribution in [0.4, 0.5) is 0 Å². The SMILES string of the molecule is CCCOc1ccccc1C(N)CCc1ccco1. The van der Waals surface area contributed by atoms with Gasteiger partial charge in [0.05, 0.1) is 12.9 Å². The third-order valence-corrected chi connectivity index (χ3v) is 3.06. The van der Waals surface area contributed by atoms with E-state index in [1.54, 1.807) is 6.26 Å². The zero-order valence-corrected chi connectivity index (χ0v) is 11.3. The smallest absolute Gasteiger partial charge is 0.124 e. The molecule has 1 heterocycles. The maximum absolute atomic E-state index is 6.26. The number of hydrogen-bond donors (Lipinski definition) is 1. The van der Waals surface area contributed by atoms with Crippen molar-refractivity contribution in [2.75, 3.05) is 6.61 Å². The molecule has 1 atom stereocenters. The lowest BCUT2D eigenvalue weighted by Crippen LogP contribution is -2.13. The fourth-order valence-corrected chi connectivity index (χ4v) is 2.04. The van der Waals surface area contributed by atoms with Gasteiger partial charge in [0.15, 0.2) is 0 Å². The lowest BCUT2D eigenvalue weighted by Gasteiger charge is -2.16. The molecule has 0 fully saturated rings. The van der Waals surface area contributed by atoms with Crippen LogP contribution in [0.5, 0.6) is 5.75 Å². The molecule has 1 aromatic carbocycles. The lowest BCUT2D eigenvalue weighted by molar-refractivity contribution is 0.311. The molecule has 0 saturated carbocycles. The Kier molecular flexibility index (Phi) is 5.04. The van der Waals surface area contributed by atoms with Gasteiger partial charge in [-0.1, -0.05) is 25.1 Å². The molecule has 102 valence electrons. The summed E-state index contributed by atoms with van der Waals surface area (Å²) >= 11 is 0. The van der Waals surface area contributed by atoms with E-state index in [4.69, 9.17) is 14.9 Å². The van der Waals surface area contributed by atoms with Crippen molar-refractivity contribution < 1.29 is 9.15 Å². The molecule has 3 heteroatoms. The van der Waals surface area contributed by atoms with Gasteiger partial charge in [0.1, 0.15) is 11.5 Å². The predicted molar refractivity (Wildman–Crippen MR) is 76.2 cm³/mol. The van der Waals surface area contributed by atoms with Gasteiger partial charge in [0, 0.05) is 18.0 Å². The Balaban J connectivity index is 1.99. The van der Waals surface area contributed by atoms with Gasteiger partial charge in [-0.05, 0) is 31.0 Å². The third-order valence-electron chi connectivity index (χ3n) is 3.06. The Morgan fingerprint density at radius 3 is 2.79 bits per heavy atom. The average molecular weight is 259 g/mol. The molecule has 0 aliphatic carbocycles. The normalized spacial score (nSPS) is 12.3.